The number of ether oxygens (including phenoxy) is 1. The van der Waals surface area contributed by atoms with E-state index in [1.54, 1.807) is 24.1 Å². The summed E-state index contributed by atoms with van der Waals surface area (Å²) in [6, 6.07) is 5.91. The minimum Gasteiger partial charge on any atom is -0.380 e. The van der Waals surface area contributed by atoms with E-state index in [0.717, 1.165) is 17.7 Å². The molecule has 1 amide bonds. The van der Waals surface area contributed by atoms with Crippen LogP contribution in [0.2, 0.25) is 0 Å². The molecule has 0 saturated heterocycles. The van der Waals surface area contributed by atoms with Crippen LogP contribution in [-0.4, -0.2) is 40.1 Å². The number of methoxy groups -OCH3 is 1. The standard InChI is InChI=1S/C23H21F3N4O3/c1-14-12-29(19-5-3-18(4-6-19)23(24,25)26)22(32)21-17(11-28-30(14)21)8-20(31)16-7-15(13-33-2)9-27-10-16/h3-7,9-11,14H,8,12-13H2,1-2H3/t14-/m0/s1. The van der Waals surface area contributed by atoms with E-state index in [4.69, 9.17) is 4.74 Å². The van der Waals surface area contributed by atoms with Crippen molar-refractivity contribution < 1.29 is 27.5 Å². The second-order valence-corrected chi connectivity index (χ2v) is 7.89. The van der Waals surface area contributed by atoms with Gasteiger partial charge in [-0.1, -0.05) is 0 Å². The van der Waals surface area contributed by atoms with Crippen LogP contribution in [0.3, 0.4) is 0 Å². The fourth-order valence-corrected chi connectivity index (χ4v) is 3.86. The van der Waals surface area contributed by atoms with Gasteiger partial charge in [0.1, 0.15) is 5.69 Å². The van der Waals surface area contributed by atoms with Gasteiger partial charge in [-0.15, -0.1) is 0 Å². The maximum Gasteiger partial charge on any atom is 0.416 e. The molecule has 1 aromatic carbocycles. The molecule has 0 unspecified atom stereocenters. The zero-order chi connectivity index (χ0) is 23.8. The highest BCUT2D eigenvalue weighted by Crippen LogP contribution is 2.33. The van der Waals surface area contributed by atoms with Gasteiger partial charge in [-0.2, -0.15) is 18.3 Å². The van der Waals surface area contributed by atoms with Crippen LogP contribution in [0.5, 0.6) is 0 Å². The van der Waals surface area contributed by atoms with E-state index in [2.05, 4.69) is 10.1 Å². The van der Waals surface area contributed by atoms with Gasteiger partial charge >= 0.3 is 6.18 Å². The van der Waals surface area contributed by atoms with Gasteiger partial charge in [0.25, 0.3) is 5.91 Å². The van der Waals surface area contributed by atoms with Gasteiger partial charge in [0.15, 0.2) is 5.78 Å². The lowest BCUT2D eigenvalue weighted by atomic mass is 10.0. The number of pyridine rings is 1. The lowest BCUT2D eigenvalue weighted by molar-refractivity contribution is -0.137. The van der Waals surface area contributed by atoms with E-state index < -0.39 is 17.6 Å². The number of halogens is 3. The third-order valence-corrected chi connectivity index (χ3v) is 5.47. The highest BCUT2D eigenvalue weighted by atomic mass is 19.4. The highest BCUT2D eigenvalue weighted by Gasteiger charge is 2.35. The monoisotopic (exact) mass is 458 g/mol. The molecule has 0 N–H and O–H groups in total. The number of carbonyl (C=O) groups is 2. The number of amides is 1. The lowest BCUT2D eigenvalue weighted by Crippen LogP contribution is -2.43. The smallest absolute Gasteiger partial charge is 0.380 e. The number of aromatic nitrogens is 3. The van der Waals surface area contributed by atoms with Crippen molar-refractivity contribution >= 4 is 17.4 Å². The normalized spacial score (nSPS) is 16.1. The number of ketones is 1. The molecule has 33 heavy (non-hydrogen) atoms. The van der Waals surface area contributed by atoms with Gasteiger partial charge in [0, 0.05) is 49.3 Å². The molecule has 10 heteroatoms. The summed E-state index contributed by atoms with van der Waals surface area (Å²) < 4.78 is 45.3. The Balaban J connectivity index is 1.60. The van der Waals surface area contributed by atoms with Gasteiger partial charge in [0.05, 0.1) is 24.4 Å². The summed E-state index contributed by atoms with van der Waals surface area (Å²) in [4.78, 5) is 31.6. The van der Waals surface area contributed by atoms with Crippen molar-refractivity contribution in [3.05, 3.63) is 76.9 Å². The molecule has 4 rings (SSSR count). The topological polar surface area (TPSA) is 77.3 Å². The molecule has 3 heterocycles. The van der Waals surface area contributed by atoms with E-state index in [1.807, 2.05) is 6.92 Å². The van der Waals surface area contributed by atoms with Crippen molar-refractivity contribution in [3.8, 4) is 0 Å². The molecule has 0 bridgehead atoms. The molecule has 0 spiro atoms. The van der Waals surface area contributed by atoms with Crippen LogP contribution in [0, 0.1) is 0 Å². The number of alkyl halides is 3. The molecular formula is C23H21F3N4O3. The molecule has 1 atom stereocenters. The van der Waals surface area contributed by atoms with Crippen molar-refractivity contribution in [3.63, 3.8) is 0 Å². The summed E-state index contributed by atoms with van der Waals surface area (Å²) in [5, 5.41) is 4.29. The molecule has 1 aliphatic heterocycles. The van der Waals surface area contributed by atoms with Gasteiger partial charge in [-0.25, -0.2) is 0 Å². The quantitative estimate of drug-likeness (QED) is 0.520. The molecule has 3 aromatic rings. The van der Waals surface area contributed by atoms with Crippen molar-refractivity contribution in [2.75, 3.05) is 18.6 Å². The molecule has 0 radical (unpaired) electrons. The van der Waals surface area contributed by atoms with Crippen LogP contribution in [-0.2, 0) is 23.9 Å². The second-order valence-electron chi connectivity index (χ2n) is 7.89. The molecule has 0 saturated carbocycles. The van der Waals surface area contributed by atoms with Crippen LogP contribution in [0.4, 0.5) is 18.9 Å². The van der Waals surface area contributed by atoms with Gasteiger partial charge in [-0.05, 0) is 42.8 Å². The van der Waals surface area contributed by atoms with Crippen LogP contribution in [0.1, 0.15) is 50.5 Å². The minimum atomic E-state index is -4.46. The number of fused-ring (bicyclic) bond motifs is 1. The Morgan fingerprint density at radius 3 is 2.58 bits per heavy atom. The van der Waals surface area contributed by atoms with Crippen LogP contribution in [0.15, 0.2) is 48.9 Å². The molecule has 7 nitrogen and oxygen atoms in total. The fourth-order valence-electron chi connectivity index (χ4n) is 3.86. The third-order valence-electron chi connectivity index (χ3n) is 5.47. The number of hydrogen-bond donors (Lipinski definition) is 0. The largest absolute Gasteiger partial charge is 0.416 e. The number of Topliss-reactive ketones (excluding diaryl/α,β-unsaturated/α-hetero) is 1. The summed E-state index contributed by atoms with van der Waals surface area (Å²) in [5.74, 6) is -0.650. The number of benzene rings is 1. The molecular weight excluding hydrogens is 437 g/mol. The Bertz CT molecular complexity index is 1190. The molecule has 1 aliphatic rings. The molecule has 0 aliphatic carbocycles. The second kappa shape index (κ2) is 8.78. The fraction of sp³-hybridized carbons (Fsp3) is 0.304. The van der Waals surface area contributed by atoms with Gasteiger partial charge in [0.2, 0.25) is 0 Å². The summed E-state index contributed by atoms with van der Waals surface area (Å²) >= 11 is 0. The zero-order valence-electron chi connectivity index (χ0n) is 18.0. The first-order chi connectivity index (χ1) is 15.7. The van der Waals surface area contributed by atoms with Crippen molar-refractivity contribution in [1.82, 2.24) is 14.8 Å². The van der Waals surface area contributed by atoms with E-state index in [-0.39, 0.29) is 30.5 Å². The van der Waals surface area contributed by atoms with E-state index in [0.29, 0.717) is 23.4 Å². The predicted octanol–water partition coefficient (Wildman–Crippen LogP) is 4.09. The summed E-state index contributed by atoms with van der Waals surface area (Å²) in [7, 11) is 1.54. The third kappa shape index (κ3) is 4.51. The first-order valence-corrected chi connectivity index (χ1v) is 10.2. The summed E-state index contributed by atoms with van der Waals surface area (Å²) in [5.41, 5.74) is 1.40. The Kier molecular flexibility index (Phi) is 6.03. The number of rotatable bonds is 6. The number of carbonyl (C=O) groups excluding carboxylic acids is 2. The predicted molar refractivity (Wildman–Crippen MR) is 113 cm³/mol. The first kappa shape index (κ1) is 22.7. The van der Waals surface area contributed by atoms with Crippen molar-refractivity contribution in [1.29, 1.82) is 0 Å². The minimum absolute atomic E-state index is 0.0627. The number of nitrogens with zero attached hydrogens (tertiary/aromatic N) is 4. The van der Waals surface area contributed by atoms with E-state index >= 15 is 0 Å². The van der Waals surface area contributed by atoms with Crippen molar-refractivity contribution in [2.24, 2.45) is 0 Å². The van der Waals surface area contributed by atoms with E-state index in [9.17, 15) is 22.8 Å². The average molecular weight is 458 g/mol. The Hall–Kier alpha value is -3.53. The average Bonchev–Trinajstić information content (AvgIpc) is 3.21. The lowest BCUT2D eigenvalue weighted by Gasteiger charge is -2.32. The summed E-state index contributed by atoms with van der Waals surface area (Å²) in [6.45, 7) is 2.41. The SMILES string of the molecule is COCc1cncc(C(=O)Cc2cnn3c2C(=O)N(c2ccc(C(F)(F)F)cc2)C[C@@H]3C)c1. The maximum atomic E-state index is 13.3. The Morgan fingerprint density at radius 2 is 1.91 bits per heavy atom. The van der Waals surface area contributed by atoms with Crippen molar-refractivity contribution in [2.45, 2.75) is 32.2 Å². The molecule has 172 valence electrons. The summed E-state index contributed by atoms with van der Waals surface area (Å²) in [6.07, 6.45) is 0.0298. The van der Waals surface area contributed by atoms with Crippen LogP contribution < -0.4 is 4.90 Å². The van der Waals surface area contributed by atoms with Gasteiger partial charge in [-0.3, -0.25) is 19.3 Å². The zero-order valence-corrected chi connectivity index (χ0v) is 18.0. The first-order valence-electron chi connectivity index (χ1n) is 10.2. The van der Waals surface area contributed by atoms with Crippen LogP contribution in [0.25, 0.3) is 0 Å². The maximum absolute atomic E-state index is 13.3. The number of hydrogen-bond acceptors (Lipinski definition) is 5. The Morgan fingerprint density at radius 1 is 1.18 bits per heavy atom. The van der Waals surface area contributed by atoms with E-state index in [1.165, 1.54) is 29.4 Å². The highest BCUT2D eigenvalue weighted by molar-refractivity contribution is 6.08. The van der Waals surface area contributed by atoms with Crippen LogP contribution >= 0.6 is 0 Å². The Labute approximate surface area is 187 Å². The van der Waals surface area contributed by atoms with Gasteiger partial charge < -0.3 is 9.64 Å². The number of anilines is 1. The molecule has 0 fully saturated rings. The molecule has 2 aromatic heterocycles.